The summed E-state index contributed by atoms with van der Waals surface area (Å²) in [4.78, 5) is 14.9. The Morgan fingerprint density at radius 3 is 2.83 bits per heavy atom. The highest BCUT2D eigenvalue weighted by Crippen LogP contribution is 2.34. The maximum atomic E-state index is 10.7. The van der Waals surface area contributed by atoms with Gasteiger partial charge in [0.2, 0.25) is 0 Å². The number of hydrogen-bond donors (Lipinski definition) is 1. The van der Waals surface area contributed by atoms with Crippen LogP contribution in [0.25, 0.3) is 0 Å². The van der Waals surface area contributed by atoms with Gasteiger partial charge in [0.25, 0.3) is 0 Å². The minimum atomic E-state index is -0.982. The number of benzene rings is 1. The molecule has 0 radical (unpaired) electrons. The third kappa shape index (κ3) is 2.51. The monoisotopic (exact) mass is 261 g/mol. The van der Waals surface area contributed by atoms with Crippen LogP contribution in [0.15, 0.2) is 53.6 Å². The van der Waals surface area contributed by atoms with E-state index in [1.807, 2.05) is 24.3 Å². The van der Waals surface area contributed by atoms with Crippen LogP contribution in [-0.4, -0.2) is 23.8 Å². The maximum Gasteiger partial charge on any atom is 0.328 e. The van der Waals surface area contributed by atoms with E-state index in [1.54, 1.807) is 24.4 Å². The number of carbonyl (C=O) groups is 1. The molecule has 0 amide bonds. The first-order valence-corrected chi connectivity index (χ1v) is 5.87. The summed E-state index contributed by atoms with van der Waals surface area (Å²) in [5.74, 6) is -0.982. The average Bonchev–Trinajstić information content (AvgIpc) is 2.38. The molecule has 1 aromatic carbocycles. The van der Waals surface area contributed by atoms with Gasteiger partial charge in [0, 0.05) is 17.3 Å². The fourth-order valence-corrected chi connectivity index (χ4v) is 2.28. The van der Waals surface area contributed by atoms with Gasteiger partial charge in [-0.1, -0.05) is 42.0 Å². The molecule has 1 N–H and O–H groups in total. The molecule has 0 saturated carbocycles. The van der Waals surface area contributed by atoms with Crippen molar-refractivity contribution in [1.82, 2.24) is 0 Å². The first kappa shape index (κ1) is 12.6. The van der Waals surface area contributed by atoms with E-state index in [0.29, 0.717) is 11.6 Å². The molecule has 0 fully saturated rings. The van der Waals surface area contributed by atoms with Crippen molar-refractivity contribution in [1.29, 1.82) is 0 Å². The number of halogens is 1. The summed E-state index contributed by atoms with van der Waals surface area (Å²) < 4.78 is 0. The number of rotatable bonds is 3. The second-order valence-electron chi connectivity index (χ2n) is 4.04. The van der Waals surface area contributed by atoms with Crippen LogP contribution in [-0.2, 0) is 10.2 Å². The number of carboxylic acid groups (broad SMARTS) is 1. The van der Waals surface area contributed by atoms with E-state index in [2.05, 4.69) is 4.99 Å². The predicted octanol–water partition coefficient (Wildman–Crippen LogP) is 2.86. The minimum Gasteiger partial charge on any atom is -0.478 e. The Bertz CT molecular complexity index is 548. The zero-order valence-corrected chi connectivity index (χ0v) is 10.3. The number of allylic oxidation sites excluding steroid dienone is 1. The third-order valence-corrected chi connectivity index (χ3v) is 3.17. The van der Waals surface area contributed by atoms with Crippen molar-refractivity contribution in [3.8, 4) is 0 Å². The number of aliphatic carboxylic acids is 1. The van der Waals surface area contributed by atoms with Gasteiger partial charge in [0.05, 0.1) is 12.0 Å². The molecule has 1 unspecified atom stereocenters. The first-order chi connectivity index (χ1) is 8.64. The smallest absolute Gasteiger partial charge is 0.328 e. The Kier molecular flexibility index (Phi) is 3.63. The standard InChI is InChI=1S/C14H12ClNO2/c15-12-5-2-1-4-11(12)14(8-6-13(17)18)7-3-9-16-10-14/h1-9H,10H2,(H,17,18)/b8-6+. The topological polar surface area (TPSA) is 49.7 Å². The SMILES string of the molecule is O=C(O)/C=C/C1(c2ccccc2Cl)C=CC=NC1. The molecule has 18 heavy (non-hydrogen) atoms. The largest absolute Gasteiger partial charge is 0.478 e. The van der Waals surface area contributed by atoms with Gasteiger partial charge in [-0.25, -0.2) is 4.79 Å². The fraction of sp³-hybridized carbons (Fsp3) is 0.143. The van der Waals surface area contributed by atoms with Crippen LogP contribution in [0.1, 0.15) is 5.56 Å². The summed E-state index contributed by atoms with van der Waals surface area (Å²) in [5, 5.41) is 9.40. The van der Waals surface area contributed by atoms with E-state index >= 15 is 0 Å². The van der Waals surface area contributed by atoms with Crippen LogP contribution in [0, 0.1) is 0 Å². The lowest BCUT2D eigenvalue weighted by molar-refractivity contribution is -0.131. The van der Waals surface area contributed by atoms with E-state index in [4.69, 9.17) is 16.7 Å². The molecule has 0 bridgehead atoms. The van der Waals surface area contributed by atoms with E-state index in [0.717, 1.165) is 11.6 Å². The number of aliphatic imine (C=N–C) groups is 1. The highest BCUT2D eigenvalue weighted by Gasteiger charge is 2.29. The lowest BCUT2D eigenvalue weighted by atomic mass is 9.78. The Morgan fingerprint density at radius 2 is 2.22 bits per heavy atom. The molecule has 0 spiro atoms. The van der Waals surface area contributed by atoms with Crippen molar-refractivity contribution in [3.05, 3.63) is 59.2 Å². The molecule has 3 nitrogen and oxygen atoms in total. The quantitative estimate of drug-likeness (QED) is 0.851. The highest BCUT2D eigenvalue weighted by atomic mass is 35.5. The molecule has 0 aliphatic carbocycles. The Balaban J connectivity index is 2.50. The van der Waals surface area contributed by atoms with Gasteiger partial charge in [0.1, 0.15) is 0 Å². The van der Waals surface area contributed by atoms with Crippen LogP contribution in [0.5, 0.6) is 0 Å². The molecule has 1 aliphatic rings. The van der Waals surface area contributed by atoms with E-state index in [-0.39, 0.29) is 0 Å². The summed E-state index contributed by atoms with van der Waals surface area (Å²) in [7, 11) is 0. The van der Waals surface area contributed by atoms with Gasteiger partial charge >= 0.3 is 5.97 Å². The van der Waals surface area contributed by atoms with Crippen LogP contribution in [0.3, 0.4) is 0 Å². The van der Waals surface area contributed by atoms with Crippen LogP contribution >= 0.6 is 11.6 Å². The summed E-state index contributed by atoms with van der Waals surface area (Å²) in [6.45, 7) is 0.455. The molecular weight excluding hydrogens is 250 g/mol. The Hall–Kier alpha value is -1.87. The predicted molar refractivity (Wildman–Crippen MR) is 72.4 cm³/mol. The van der Waals surface area contributed by atoms with Gasteiger partial charge < -0.3 is 5.11 Å². The number of hydrogen-bond acceptors (Lipinski definition) is 2. The zero-order valence-electron chi connectivity index (χ0n) is 9.58. The number of carboxylic acids is 1. The Labute approximate surface area is 110 Å². The molecule has 0 saturated heterocycles. The molecular formula is C14H12ClNO2. The minimum absolute atomic E-state index is 0.455. The van der Waals surface area contributed by atoms with Gasteiger partial charge in [-0.2, -0.15) is 0 Å². The van der Waals surface area contributed by atoms with Gasteiger partial charge in [-0.15, -0.1) is 0 Å². The first-order valence-electron chi connectivity index (χ1n) is 5.49. The van der Waals surface area contributed by atoms with Crippen molar-refractivity contribution in [2.24, 2.45) is 4.99 Å². The second-order valence-corrected chi connectivity index (χ2v) is 4.45. The molecule has 2 rings (SSSR count). The second kappa shape index (κ2) is 5.19. The van der Waals surface area contributed by atoms with Gasteiger partial charge in [-0.3, -0.25) is 4.99 Å². The molecule has 1 aliphatic heterocycles. The van der Waals surface area contributed by atoms with Crippen LogP contribution < -0.4 is 0 Å². The Morgan fingerprint density at radius 1 is 1.44 bits per heavy atom. The summed E-state index contributed by atoms with van der Waals surface area (Å²) in [5.41, 5.74) is 0.281. The molecule has 1 aromatic rings. The van der Waals surface area contributed by atoms with E-state index in [9.17, 15) is 4.79 Å². The molecule has 1 heterocycles. The molecule has 92 valence electrons. The summed E-state index contributed by atoms with van der Waals surface area (Å²) >= 11 is 6.20. The van der Waals surface area contributed by atoms with E-state index < -0.39 is 11.4 Å². The van der Waals surface area contributed by atoms with Crippen molar-refractivity contribution < 1.29 is 9.90 Å². The lowest BCUT2D eigenvalue weighted by Gasteiger charge is -2.28. The van der Waals surface area contributed by atoms with Gasteiger partial charge in [0.15, 0.2) is 0 Å². The van der Waals surface area contributed by atoms with E-state index in [1.165, 1.54) is 0 Å². The maximum absolute atomic E-state index is 10.7. The summed E-state index contributed by atoms with van der Waals surface area (Å²) in [6, 6.07) is 7.40. The van der Waals surface area contributed by atoms with Crippen molar-refractivity contribution in [3.63, 3.8) is 0 Å². The number of nitrogens with zero attached hydrogens (tertiary/aromatic N) is 1. The zero-order chi connectivity index (χ0) is 13.0. The molecule has 1 atom stereocenters. The highest BCUT2D eigenvalue weighted by molar-refractivity contribution is 6.31. The van der Waals surface area contributed by atoms with Gasteiger partial charge in [-0.05, 0) is 17.7 Å². The molecule has 0 aromatic heterocycles. The normalized spacial score (nSPS) is 22.5. The van der Waals surface area contributed by atoms with Crippen molar-refractivity contribution in [2.45, 2.75) is 5.41 Å². The third-order valence-electron chi connectivity index (χ3n) is 2.84. The number of dihydropyridines is 1. The van der Waals surface area contributed by atoms with Crippen LogP contribution in [0.2, 0.25) is 5.02 Å². The fourth-order valence-electron chi connectivity index (χ4n) is 1.96. The van der Waals surface area contributed by atoms with Crippen molar-refractivity contribution >= 4 is 23.8 Å². The lowest BCUT2D eigenvalue weighted by Crippen LogP contribution is -2.27. The van der Waals surface area contributed by atoms with Crippen molar-refractivity contribution in [2.75, 3.05) is 6.54 Å². The van der Waals surface area contributed by atoms with Crippen LogP contribution in [0.4, 0.5) is 0 Å². The average molecular weight is 262 g/mol. The molecule has 4 heteroatoms. The summed E-state index contributed by atoms with van der Waals surface area (Å²) in [6.07, 6.45) is 8.18.